The highest BCUT2D eigenvalue weighted by molar-refractivity contribution is 5.86. The van der Waals surface area contributed by atoms with E-state index in [1.54, 1.807) is 0 Å². The zero-order chi connectivity index (χ0) is 20.6. The summed E-state index contributed by atoms with van der Waals surface area (Å²) < 4.78 is 12.3. The standard InChI is InChI=1S/C28H19NO2/c1-2-6-19(7-3-1)20-10-12-23(13-11-20)29-24-14-15-25-28(18-24)31-27-17-22-9-5-4-8-21(22)16-26(27)30-25/h1-18,29H. The highest BCUT2D eigenvalue weighted by atomic mass is 16.6. The normalized spacial score (nSPS) is 11.7. The molecule has 0 fully saturated rings. The van der Waals surface area contributed by atoms with Gasteiger partial charge in [0.15, 0.2) is 23.0 Å². The molecule has 6 rings (SSSR count). The number of benzene rings is 5. The number of fused-ring (bicyclic) bond motifs is 3. The zero-order valence-electron chi connectivity index (χ0n) is 16.7. The van der Waals surface area contributed by atoms with E-state index in [0.717, 1.165) is 33.6 Å². The van der Waals surface area contributed by atoms with Crippen LogP contribution in [0.1, 0.15) is 0 Å². The minimum atomic E-state index is 0.702. The van der Waals surface area contributed by atoms with Crippen LogP contribution in [0, 0.1) is 0 Å². The molecule has 3 nitrogen and oxygen atoms in total. The summed E-state index contributed by atoms with van der Waals surface area (Å²) in [6.45, 7) is 0. The molecule has 31 heavy (non-hydrogen) atoms. The van der Waals surface area contributed by atoms with Crippen LogP contribution in [0.3, 0.4) is 0 Å². The van der Waals surface area contributed by atoms with Crippen molar-refractivity contribution in [2.45, 2.75) is 0 Å². The van der Waals surface area contributed by atoms with E-state index in [1.807, 2.05) is 48.5 Å². The van der Waals surface area contributed by atoms with Crippen LogP contribution >= 0.6 is 0 Å². The Hall–Kier alpha value is -4.24. The second kappa shape index (κ2) is 7.22. The van der Waals surface area contributed by atoms with Crippen molar-refractivity contribution >= 4 is 22.1 Å². The molecule has 0 amide bonds. The van der Waals surface area contributed by atoms with Crippen LogP contribution in [-0.4, -0.2) is 0 Å². The Bertz CT molecular complexity index is 1390. The van der Waals surface area contributed by atoms with Crippen molar-refractivity contribution in [3.05, 3.63) is 109 Å². The van der Waals surface area contributed by atoms with Gasteiger partial charge in [0.25, 0.3) is 0 Å². The maximum Gasteiger partial charge on any atom is 0.172 e. The third kappa shape index (κ3) is 3.36. The molecule has 0 saturated carbocycles. The molecule has 0 atom stereocenters. The first kappa shape index (κ1) is 17.6. The first-order valence-electron chi connectivity index (χ1n) is 10.3. The van der Waals surface area contributed by atoms with Crippen LogP contribution in [0.5, 0.6) is 23.0 Å². The second-order valence-electron chi connectivity index (χ2n) is 7.58. The number of hydrogen-bond acceptors (Lipinski definition) is 3. The van der Waals surface area contributed by atoms with Gasteiger partial charge in [-0.2, -0.15) is 0 Å². The lowest BCUT2D eigenvalue weighted by Gasteiger charge is -2.22. The zero-order valence-corrected chi connectivity index (χ0v) is 16.7. The average Bonchev–Trinajstić information content (AvgIpc) is 2.82. The van der Waals surface area contributed by atoms with Gasteiger partial charge in [-0.05, 0) is 58.3 Å². The minimum absolute atomic E-state index is 0.702. The molecule has 0 aromatic heterocycles. The van der Waals surface area contributed by atoms with Crippen LogP contribution in [0.25, 0.3) is 21.9 Å². The van der Waals surface area contributed by atoms with Crippen molar-refractivity contribution in [2.24, 2.45) is 0 Å². The Morgan fingerprint density at radius 1 is 0.419 bits per heavy atom. The van der Waals surface area contributed by atoms with Crippen LogP contribution in [0.15, 0.2) is 109 Å². The Balaban J connectivity index is 1.25. The van der Waals surface area contributed by atoms with Gasteiger partial charge < -0.3 is 14.8 Å². The van der Waals surface area contributed by atoms with Gasteiger partial charge in [0.05, 0.1) is 0 Å². The number of anilines is 2. The average molecular weight is 401 g/mol. The number of hydrogen-bond donors (Lipinski definition) is 1. The summed E-state index contributed by atoms with van der Waals surface area (Å²) in [7, 11) is 0. The minimum Gasteiger partial charge on any atom is -0.449 e. The largest absolute Gasteiger partial charge is 0.449 e. The lowest BCUT2D eigenvalue weighted by atomic mass is 10.1. The fraction of sp³-hybridized carbons (Fsp3) is 0. The molecule has 0 unspecified atom stereocenters. The molecule has 0 bridgehead atoms. The number of ether oxygens (including phenoxy) is 2. The molecular weight excluding hydrogens is 382 g/mol. The quantitative estimate of drug-likeness (QED) is 0.324. The molecular formula is C28H19NO2. The Kier molecular flexibility index (Phi) is 4.10. The van der Waals surface area contributed by atoms with Crippen molar-refractivity contribution in [1.29, 1.82) is 0 Å². The fourth-order valence-corrected chi connectivity index (χ4v) is 3.89. The van der Waals surface area contributed by atoms with Gasteiger partial charge in [-0.1, -0.05) is 66.7 Å². The third-order valence-electron chi connectivity index (χ3n) is 5.48. The van der Waals surface area contributed by atoms with Crippen molar-refractivity contribution in [3.63, 3.8) is 0 Å². The molecule has 0 saturated heterocycles. The molecule has 5 aromatic carbocycles. The Labute approximate surface area is 180 Å². The molecule has 1 N–H and O–H groups in total. The molecule has 148 valence electrons. The van der Waals surface area contributed by atoms with E-state index in [9.17, 15) is 0 Å². The lowest BCUT2D eigenvalue weighted by molar-refractivity contribution is 0.360. The number of nitrogens with one attached hydrogen (secondary N) is 1. The van der Waals surface area contributed by atoms with E-state index < -0.39 is 0 Å². The monoisotopic (exact) mass is 401 g/mol. The van der Waals surface area contributed by atoms with Gasteiger partial charge in [0.2, 0.25) is 0 Å². The van der Waals surface area contributed by atoms with E-state index in [0.29, 0.717) is 11.5 Å². The van der Waals surface area contributed by atoms with E-state index in [-0.39, 0.29) is 0 Å². The van der Waals surface area contributed by atoms with Gasteiger partial charge in [0, 0.05) is 17.4 Å². The first-order chi connectivity index (χ1) is 15.3. The second-order valence-corrected chi connectivity index (χ2v) is 7.58. The van der Waals surface area contributed by atoms with Crippen molar-refractivity contribution < 1.29 is 9.47 Å². The number of rotatable bonds is 3. The first-order valence-corrected chi connectivity index (χ1v) is 10.3. The summed E-state index contributed by atoms with van der Waals surface area (Å²) in [5.41, 5.74) is 4.36. The predicted molar refractivity (Wildman–Crippen MR) is 126 cm³/mol. The molecule has 5 aromatic rings. The van der Waals surface area contributed by atoms with E-state index in [2.05, 4.69) is 66.0 Å². The molecule has 0 radical (unpaired) electrons. The van der Waals surface area contributed by atoms with Gasteiger partial charge in [-0.25, -0.2) is 0 Å². The molecule has 0 spiro atoms. The summed E-state index contributed by atoms with van der Waals surface area (Å²) in [4.78, 5) is 0. The summed E-state index contributed by atoms with van der Waals surface area (Å²) in [5, 5.41) is 5.71. The van der Waals surface area contributed by atoms with Crippen LogP contribution in [0.2, 0.25) is 0 Å². The van der Waals surface area contributed by atoms with E-state index in [4.69, 9.17) is 9.47 Å². The van der Waals surface area contributed by atoms with Gasteiger partial charge >= 0.3 is 0 Å². The Morgan fingerprint density at radius 2 is 0.968 bits per heavy atom. The molecule has 0 aliphatic carbocycles. The van der Waals surface area contributed by atoms with Crippen LogP contribution in [0.4, 0.5) is 11.4 Å². The Morgan fingerprint density at radius 3 is 1.68 bits per heavy atom. The maximum absolute atomic E-state index is 6.18. The van der Waals surface area contributed by atoms with Gasteiger partial charge in [0.1, 0.15) is 0 Å². The van der Waals surface area contributed by atoms with Crippen LogP contribution in [-0.2, 0) is 0 Å². The van der Waals surface area contributed by atoms with Crippen molar-refractivity contribution in [1.82, 2.24) is 0 Å². The lowest BCUT2D eigenvalue weighted by Crippen LogP contribution is -2.00. The molecule has 3 heteroatoms. The predicted octanol–water partition coefficient (Wildman–Crippen LogP) is 8.15. The summed E-state index contributed by atoms with van der Waals surface area (Å²) in [6.07, 6.45) is 0. The van der Waals surface area contributed by atoms with Crippen LogP contribution < -0.4 is 14.8 Å². The van der Waals surface area contributed by atoms with Gasteiger partial charge in [-0.3, -0.25) is 0 Å². The van der Waals surface area contributed by atoms with Crippen molar-refractivity contribution in [3.8, 4) is 34.1 Å². The highest BCUT2D eigenvalue weighted by Gasteiger charge is 2.20. The maximum atomic E-state index is 6.18. The van der Waals surface area contributed by atoms with Gasteiger partial charge in [-0.15, -0.1) is 0 Å². The topological polar surface area (TPSA) is 30.5 Å². The third-order valence-corrected chi connectivity index (χ3v) is 5.48. The smallest absolute Gasteiger partial charge is 0.172 e. The molecule has 1 aliphatic rings. The highest BCUT2D eigenvalue weighted by Crippen LogP contribution is 2.47. The fourth-order valence-electron chi connectivity index (χ4n) is 3.89. The molecule has 1 aliphatic heterocycles. The summed E-state index contributed by atoms with van der Waals surface area (Å²) in [5.74, 6) is 2.89. The summed E-state index contributed by atoms with van der Waals surface area (Å²) >= 11 is 0. The van der Waals surface area contributed by atoms with E-state index in [1.165, 1.54) is 11.1 Å². The van der Waals surface area contributed by atoms with Crippen molar-refractivity contribution in [2.75, 3.05) is 5.32 Å². The SMILES string of the molecule is c1ccc(-c2ccc(Nc3ccc4c(c3)Oc3cc5ccccc5cc3O4)cc2)cc1. The summed E-state index contributed by atoms with van der Waals surface area (Å²) in [6, 6.07) is 36.9. The van der Waals surface area contributed by atoms with E-state index >= 15 is 0 Å². The molecule has 1 heterocycles.